The van der Waals surface area contributed by atoms with E-state index in [1.54, 1.807) is 11.8 Å². The van der Waals surface area contributed by atoms with E-state index < -0.39 is 17.5 Å². The van der Waals surface area contributed by atoms with Gasteiger partial charge in [0.1, 0.15) is 13.2 Å². The minimum Gasteiger partial charge on any atom is -0.481 e. The van der Waals surface area contributed by atoms with E-state index in [1.165, 1.54) is 0 Å². The van der Waals surface area contributed by atoms with Gasteiger partial charge >= 0.3 is 12.1 Å². The van der Waals surface area contributed by atoms with Crippen LogP contribution in [0.1, 0.15) is 36.8 Å². The lowest BCUT2D eigenvalue weighted by molar-refractivity contribution is -0.152. The Morgan fingerprint density at radius 1 is 1.03 bits per heavy atom. The number of likely N-dealkylation sites (tertiary alicyclic amines) is 1. The van der Waals surface area contributed by atoms with Crippen molar-refractivity contribution < 1.29 is 24.2 Å². The molecule has 1 aliphatic heterocycles. The van der Waals surface area contributed by atoms with Gasteiger partial charge in [0.2, 0.25) is 5.91 Å². The van der Waals surface area contributed by atoms with Crippen molar-refractivity contribution in [2.24, 2.45) is 5.41 Å². The number of hydrogen-bond acceptors (Lipinski definition) is 4. The molecule has 1 heterocycles. The lowest BCUT2D eigenvalue weighted by Crippen LogP contribution is -2.48. The molecule has 1 fully saturated rings. The van der Waals surface area contributed by atoms with E-state index in [0.717, 1.165) is 22.3 Å². The highest BCUT2D eigenvalue weighted by Gasteiger charge is 2.38. The van der Waals surface area contributed by atoms with E-state index in [4.69, 9.17) is 4.74 Å². The van der Waals surface area contributed by atoms with Crippen molar-refractivity contribution in [3.05, 3.63) is 59.7 Å². The monoisotopic (exact) mass is 422 g/mol. The fourth-order valence-corrected chi connectivity index (χ4v) is 4.37. The van der Waals surface area contributed by atoms with Crippen LogP contribution in [-0.2, 0) is 14.3 Å². The van der Waals surface area contributed by atoms with Gasteiger partial charge in [-0.2, -0.15) is 0 Å². The van der Waals surface area contributed by atoms with Gasteiger partial charge < -0.3 is 20.1 Å². The molecule has 2 aromatic carbocycles. The number of carbonyl (C=O) groups is 3. The number of nitrogens with zero attached hydrogens (tertiary/aromatic N) is 1. The molecule has 7 heteroatoms. The molecule has 0 unspecified atom stereocenters. The fourth-order valence-electron chi connectivity index (χ4n) is 4.37. The van der Waals surface area contributed by atoms with E-state index in [2.05, 4.69) is 17.4 Å². The zero-order chi connectivity index (χ0) is 22.0. The predicted molar refractivity (Wildman–Crippen MR) is 115 cm³/mol. The first-order valence-electron chi connectivity index (χ1n) is 10.5. The van der Waals surface area contributed by atoms with Crippen LogP contribution in [0.4, 0.5) is 4.79 Å². The quantitative estimate of drug-likeness (QED) is 0.771. The van der Waals surface area contributed by atoms with Gasteiger partial charge in [-0.3, -0.25) is 9.59 Å². The van der Waals surface area contributed by atoms with Gasteiger partial charge in [-0.15, -0.1) is 0 Å². The summed E-state index contributed by atoms with van der Waals surface area (Å²) >= 11 is 0. The van der Waals surface area contributed by atoms with E-state index in [9.17, 15) is 19.5 Å². The van der Waals surface area contributed by atoms with Gasteiger partial charge in [-0.1, -0.05) is 48.5 Å². The summed E-state index contributed by atoms with van der Waals surface area (Å²) < 4.78 is 5.44. The zero-order valence-corrected chi connectivity index (χ0v) is 17.5. The first-order chi connectivity index (χ1) is 14.9. The number of alkyl carbamates (subject to hydrolysis) is 1. The van der Waals surface area contributed by atoms with Gasteiger partial charge in [0, 0.05) is 19.0 Å². The van der Waals surface area contributed by atoms with Crippen molar-refractivity contribution in [2.75, 3.05) is 26.2 Å². The average Bonchev–Trinajstić information content (AvgIpc) is 3.10. The van der Waals surface area contributed by atoms with Gasteiger partial charge in [0.15, 0.2) is 0 Å². The van der Waals surface area contributed by atoms with E-state index >= 15 is 0 Å². The van der Waals surface area contributed by atoms with Crippen molar-refractivity contribution in [1.29, 1.82) is 0 Å². The van der Waals surface area contributed by atoms with Crippen LogP contribution >= 0.6 is 0 Å². The van der Waals surface area contributed by atoms with Crippen molar-refractivity contribution in [1.82, 2.24) is 10.2 Å². The van der Waals surface area contributed by atoms with Gasteiger partial charge in [0.05, 0.1) is 5.41 Å². The number of fused-ring (bicyclic) bond motifs is 3. The van der Waals surface area contributed by atoms with Crippen LogP contribution < -0.4 is 5.32 Å². The highest BCUT2D eigenvalue weighted by atomic mass is 16.5. The highest BCUT2D eigenvalue weighted by molar-refractivity contribution is 5.83. The van der Waals surface area contributed by atoms with E-state index in [-0.39, 0.29) is 25.0 Å². The third-order valence-electron chi connectivity index (χ3n) is 6.46. The smallest absolute Gasteiger partial charge is 0.407 e. The van der Waals surface area contributed by atoms with Crippen LogP contribution in [0.2, 0.25) is 0 Å². The molecule has 1 saturated heterocycles. The zero-order valence-electron chi connectivity index (χ0n) is 17.5. The number of carboxylic acid groups (broad SMARTS) is 1. The van der Waals surface area contributed by atoms with E-state index in [1.807, 2.05) is 36.4 Å². The summed E-state index contributed by atoms with van der Waals surface area (Å²) in [6.45, 7) is 2.46. The molecule has 0 atom stereocenters. The Kier molecular flexibility index (Phi) is 5.67. The third kappa shape index (κ3) is 4.13. The number of nitrogens with one attached hydrogen (secondary N) is 1. The second kappa shape index (κ2) is 8.41. The molecule has 2 aromatic rings. The first kappa shape index (κ1) is 20.9. The van der Waals surface area contributed by atoms with Crippen molar-refractivity contribution in [3.8, 4) is 11.1 Å². The molecule has 31 heavy (non-hydrogen) atoms. The van der Waals surface area contributed by atoms with Crippen LogP contribution in [0.15, 0.2) is 48.5 Å². The minimum atomic E-state index is -0.837. The minimum absolute atomic E-state index is 0.0374. The second-order valence-corrected chi connectivity index (χ2v) is 8.43. The van der Waals surface area contributed by atoms with Gasteiger partial charge in [0.25, 0.3) is 0 Å². The number of rotatable bonds is 5. The molecule has 0 saturated carbocycles. The van der Waals surface area contributed by atoms with Crippen LogP contribution in [0.5, 0.6) is 0 Å². The Bertz CT molecular complexity index is 965. The Morgan fingerprint density at radius 3 is 2.13 bits per heavy atom. The summed E-state index contributed by atoms with van der Waals surface area (Å²) in [6.07, 6.45) is 0.167. The normalized spacial score (nSPS) is 16.9. The third-order valence-corrected chi connectivity index (χ3v) is 6.46. The summed E-state index contributed by atoms with van der Waals surface area (Å²) in [7, 11) is 0. The fraction of sp³-hybridized carbons (Fsp3) is 0.375. The SMILES string of the molecule is CC1(C(=O)O)CCN(C(=O)CNC(=O)OCC2c3ccccc3-c3ccccc32)CC1. The Labute approximate surface area is 181 Å². The number of ether oxygens (including phenoxy) is 1. The summed E-state index contributed by atoms with van der Waals surface area (Å²) in [5, 5.41) is 11.8. The Hall–Kier alpha value is -3.35. The van der Waals surface area contributed by atoms with Gasteiger partial charge in [-0.05, 0) is 42.0 Å². The molecule has 0 spiro atoms. The van der Waals surface area contributed by atoms with E-state index in [0.29, 0.717) is 25.9 Å². The molecule has 7 nitrogen and oxygen atoms in total. The molecular formula is C24H26N2O5. The van der Waals surface area contributed by atoms with Crippen LogP contribution in [0, 0.1) is 5.41 Å². The summed E-state index contributed by atoms with van der Waals surface area (Å²) in [4.78, 5) is 37.5. The highest BCUT2D eigenvalue weighted by Crippen LogP contribution is 2.44. The topological polar surface area (TPSA) is 95.9 Å². The molecule has 4 rings (SSSR count). The lowest BCUT2D eigenvalue weighted by atomic mass is 9.80. The Morgan fingerprint density at radius 2 is 1.58 bits per heavy atom. The maximum atomic E-state index is 12.4. The standard InChI is InChI=1S/C24H26N2O5/c1-24(22(28)29)10-12-26(13-11-24)21(27)14-25-23(30)31-15-20-18-8-4-2-6-16(18)17-7-3-5-9-19(17)20/h2-9,20H,10-15H2,1H3,(H,25,30)(H,28,29). The molecule has 0 radical (unpaired) electrons. The molecule has 2 amide bonds. The van der Waals surface area contributed by atoms with Crippen molar-refractivity contribution in [3.63, 3.8) is 0 Å². The van der Waals surface area contributed by atoms with Crippen LogP contribution in [-0.4, -0.2) is 54.2 Å². The predicted octanol–water partition coefficient (Wildman–Crippen LogP) is 3.24. The first-order valence-corrected chi connectivity index (χ1v) is 10.5. The van der Waals surface area contributed by atoms with Crippen LogP contribution in [0.25, 0.3) is 11.1 Å². The Balaban J connectivity index is 1.29. The summed E-state index contributed by atoms with van der Waals surface area (Å²) in [5.41, 5.74) is 3.77. The number of piperidine rings is 1. The average molecular weight is 422 g/mol. The molecular weight excluding hydrogens is 396 g/mol. The maximum absolute atomic E-state index is 12.4. The summed E-state index contributed by atoms with van der Waals surface area (Å²) in [5.74, 6) is -1.11. The number of amides is 2. The second-order valence-electron chi connectivity index (χ2n) is 8.43. The van der Waals surface area contributed by atoms with Crippen molar-refractivity contribution >= 4 is 18.0 Å². The number of benzene rings is 2. The van der Waals surface area contributed by atoms with Crippen molar-refractivity contribution in [2.45, 2.75) is 25.7 Å². The number of hydrogen-bond donors (Lipinski definition) is 2. The number of aliphatic carboxylic acids is 1. The molecule has 0 bridgehead atoms. The molecule has 0 aromatic heterocycles. The van der Waals surface area contributed by atoms with Crippen LogP contribution in [0.3, 0.4) is 0 Å². The number of carbonyl (C=O) groups excluding carboxylic acids is 2. The maximum Gasteiger partial charge on any atom is 0.407 e. The number of carboxylic acids is 1. The summed E-state index contributed by atoms with van der Waals surface area (Å²) in [6, 6.07) is 16.2. The lowest BCUT2D eigenvalue weighted by Gasteiger charge is -2.36. The van der Waals surface area contributed by atoms with Gasteiger partial charge in [-0.25, -0.2) is 4.79 Å². The molecule has 162 valence electrons. The molecule has 2 aliphatic rings. The molecule has 2 N–H and O–H groups in total. The molecule has 1 aliphatic carbocycles. The largest absolute Gasteiger partial charge is 0.481 e.